The van der Waals surface area contributed by atoms with Crippen molar-refractivity contribution in [3.63, 3.8) is 0 Å². The Morgan fingerprint density at radius 2 is 2.35 bits per heavy atom. The Morgan fingerprint density at radius 1 is 1.48 bits per heavy atom. The van der Waals surface area contributed by atoms with Crippen LogP contribution in [0.4, 0.5) is 16.2 Å². The summed E-state index contributed by atoms with van der Waals surface area (Å²) in [7, 11) is 1.40. The molecule has 3 rings (SSSR count). The first-order chi connectivity index (χ1) is 11.2. The zero-order valence-electron chi connectivity index (χ0n) is 13.5. The van der Waals surface area contributed by atoms with Gasteiger partial charge in [0.05, 0.1) is 12.8 Å². The molecular formula is C18H21N3O2. The maximum Gasteiger partial charge on any atom is 0.413 e. The molecule has 0 bridgehead atoms. The van der Waals surface area contributed by atoms with Crippen molar-refractivity contribution in [2.45, 2.75) is 19.8 Å². The van der Waals surface area contributed by atoms with Crippen LogP contribution in [0.15, 0.2) is 41.0 Å². The fraction of sp³-hybridized carbons (Fsp3) is 0.333. The molecule has 0 fully saturated rings. The highest BCUT2D eigenvalue weighted by atomic mass is 16.5. The third-order valence-electron chi connectivity index (χ3n) is 4.08. The average molecular weight is 311 g/mol. The SMILES string of the molecule is CCN(C(=O)OC)c1ccc2c(c1)/C(=C/C1=CCC=N1)CCN2. The number of methoxy groups -OCH3 is 1. The summed E-state index contributed by atoms with van der Waals surface area (Å²) in [6.45, 7) is 3.40. The summed E-state index contributed by atoms with van der Waals surface area (Å²) in [5, 5.41) is 3.41. The molecule has 120 valence electrons. The molecular weight excluding hydrogens is 290 g/mol. The van der Waals surface area contributed by atoms with Crippen molar-refractivity contribution in [1.82, 2.24) is 0 Å². The Bertz CT molecular complexity index is 704. The summed E-state index contributed by atoms with van der Waals surface area (Å²) in [4.78, 5) is 17.9. The second kappa shape index (κ2) is 6.69. The van der Waals surface area contributed by atoms with Crippen molar-refractivity contribution in [1.29, 1.82) is 0 Å². The van der Waals surface area contributed by atoms with Gasteiger partial charge in [-0.25, -0.2) is 4.79 Å². The van der Waals surface area contributed by atoms with Crippen LogP contribution in [-0.2, 0) is 4.74 Å². The molecule has 1 aromatic rings. The second-order valence-electron chi connectivity index (χ2n) is 5.47. The predicted molar refractivity (Wildman–Crippen MR) is 94.1 cm³/mol. The fourth-order valence-electron chi connectivity index (χ4n) is 2.92. The fourth-order valence-corrected chi connectivity index (χ4v) is 2.92. The largest absolute Gasteiger partial charge is 0.452 e. The number of anilines is 2. The first kappa shape index (κ1) is 15.3. The minimum Gasteiger partial charge on any atom is -0.452 e. The number of hydrogen-bond donors (Lipinski definition) is 1. The summed E-state index contributed by atoms with van der Waals surface area (Å²) < 4.78 is 4.86. The van der Waals surface area contributed by atoms with Gasteiger partial charge >= 0.3 is 6.09 Å². The Hall–Kier alpha value is -2.56. The van der Waals surface area contributed by atoms with E-state index in [1.54, 1.807) is 4.90 Å². The third kappa shape index (κ3) is 3.13. The number of allylic oxidation sites excluding steroid dienone is 2. The number of nitrogens with zero attached hydrogens (tertiary/aromatic N) is 2. The molecule has 1 N–H and O–H groups in total. The minimum absolute atomic E-state index is 0.343. The highest BCUT2D eigenvalue weighted by Gasteiger charge is 2.19. The van der Waals surface area contributed by atoms with Gasteiger partial charge in [-0.15, -0.1) is 0 Å². The number of benzene rings is 1. The van der Waals surface area contributed by atoms with E-state index in [4.69, 9.17) is 4.74 Å². The molecule has 1 aromatic carbocycles. The number of ether oxygens (including phenoxy) is 1. The molecule has 0 aliphatic carbocycles. The van der Waals surface area contributed by atoms with Crippen molar-refractivity contribution in [3.05, 3.63) is 41.6 Å². The van der Waals surface area contributed by atoms with E-state index >= 15 is 0 Å². The molecule has 5 heteroatoms. The van der Waals surface area contributed by atoms with Gasteiger partial charge in [-0.05, 0) is 43.2 Å². The molecule has 0 unspecified atom stereocenters. The van der Waals surface area contributed by atoms with Crippen LogP contribution in [0.5, 0.6) is 0 Å². The van der Waals surface area contributed by atoms with E-state index in [0.717, 1.165) is 42.0 Å². The van der Waals surface area contributed by atoms with Crippen molar-refractivity contribution < 1.29 is 9.53 Å². The highest BCUT2D eigenvalue weighted by molar-refractivity contribution is 5.90. The van der Waals surface area contributed by atoms with Crippen molar-refractivity contribution in [2.75, 3.05) is 30.4 Å². The maximum atomic E-state index is 11.9. The van der Waals surface area contributed by atoms with Gasteiger partial charge in [0, 0.05) is 42.7 Å². The van der Waals surface area contributed by atoms with Crippen LogP contribution in [0.25, 0.3) is 5.57 Å². The zero-order chi connectivity index (χ0) is 16.2. The minimum atomic E-state index is -0.343. The summed E-state index contributed by atoms with van der Waals surface area (Å²) in [6, 6.07) is 6.02. The Balaban J connectivity index is 1.99. The summed E-state index contributed by atoms with van der Waals surface area (Å²) in [6.07, 6.45) is 7.67. The topological polar surface area (TPSA) is 53.9 Å². The molecule has 0 atom stereocenters. The highest BCUT2D eigenvalue weighted by Crippen LogP contribution is 2.35. The molecule has 0 aromatic heterocycles. The van der Waals surface area contributed by atoms with Crippen molar-refractivity contribution in [2.24, 2.45) is 4.99 Å². The normalized spacial score (nSPS) is 17.5. The predicted octanol–water partition coefficient (Wildman–Crippen LogP) is 3.84. The molecule has 5 nitrogen and oxygen atoms in total. The van der Waals surface area contributed by atoms with Crippen molar-refractivity contribution >= 4 is 29.3 Å². The number of rotatable bonds is 3. The maximum absolute atomic E-state index is 11.9. The molecule has 2 aliphatic rings. The lowest BCUT2D eigenvalue weighted by Crippen LogP contribution is -2.30. The number of aliphatic imine (C=N–C) groups is 1. The summed E-state index contributed by atoms with van der Waals surface area (Å²) >= 11 is 0. The summed E-state index contributed by atoms with van der Waals surface area (Å²) in [5.41, 5.74) is 5.32. The first-order valence-corrected chi connectivity index (χ1v) is 7.90. The lowest BCUT2D eigenvalue weighted by atomic mass is 9.95. The van der Waals surface area contributed by atoms with E-state index in [2.05, 4.69) is 22.5 Å². The van der Waals surface area contributed by atoms with Gasteiger partial charge in [-0.2, -0.15) is 0 Å². The standard InChI is InChI=1S/C18H21N3O2/c1-3-21(18(22)23-2)15-6-7-17-16(12-15)13(8-10-20-17)11-14-5-4-9-19-14/h5-7,9,11-12,20H,3-4,8,10H2,1-2H3/b13-11+. The van der Waals surface area contributed by atoms with Gasteiger partial charge in [0.15, 0.2) is 0 Å². The van der Waals surface area contributed by atoms with Crippen LogP contribution in [0, 0.1) is 0 Å². The van der Waals surface area contributed by atoms with Crippen LogP contribution in [0.1, 0.15) is 25.3 Å². The quantitative estimate of drug-likeness (QED) is 0.923. The van der Waals surface area contributed by atoms with Crippen LogP contribution in [-0.4, -0.2) is 32.5 Å². The average Bonchev–Trinajstić information content (AvgIpc) is 3.09. The molecule has 1 amide bonds. The third-order valence-corrected chi connectivity index (χ3v) is 4.08. The van der Waals surface area contributed by atoms with Gasteiger partial charge in [-0.3, -0.25) is 9.89 Å². The second-order valence-corrected chi connectivity index (χ2v) is 5.47. The Labute approximate surface area is 136 Å². The number of nitrogens with one attached hydrogen (secondary N) is 1. The van der Waals surface area contributed by atoms with Gasteiger partial charge in [-0.1, -0.05) is 6.08 Å². The summed E-state index contributed by atoms with van der Waals surface area (Å²) in [5.74, 6) is 0. The van der Waals surface area contributed by atoms with Crippen LogP contribution in [0.2, 0.25) is 0 Å². The smallest absolute Gasteiger partial charge is 0.413 e. The number of carbonyl (C=O) groups is 1. The van der Waals surface area contributed by atoms with E-state index in [9.17, 15) is 4.79 Å². The van der Waals surface area contributed by atoms with Gasteiger partial charge in [0.25, 0.3) is 0 Å². The van der Waals surface area contributed by atoms with Gasteiger partial charge < -0.3 is 10.1 Å². The molecule has 2 heterocycles. The number of carbonyl (C=O) groups excluding carboxylic acids is 1. The zero-order valence-corrected chi connectivity index (χ0v) is 13.5. The van der Waals surface area contributed by atoms with E-state index in [-0.39, 0.29) is 6.09 Å². The van der Waals surface area contributed by atoms with E-state index in [1.165, 1.54) is 12.7 Å². The van der Waals surface area contributed by atoms with E-state index in [0.29, 0.717) is 6.54 Å². The molecule has 0 radical (unpaired) electrons. The first-order valence-electron chi connectivity index (χ1n) is 7.90. The number of amides is 1. The van der Waals surface area contributed by atoms with Gasteiger partial charge in [0.1, 0.15) is 0 Å². The van der Waals surface area contributed by atoms with E-state index < -0.39 is 0 Å². The van der Waals surface area contributed by atoms with Crippen LogP contribution >= 0.6 is 0 Å². The Kier molecular flexibility index (Phi) is 4.46. The molecule has 2 aliphatic heterocycles. The van der Waals surface area contributed by atoms with Crippen LogP contribution < -0.4 is 10.2 Å². The lowest BCUT2D eigenvalue weighted by Gasteiger charge is -2.25. The number of fused-ring (bicyclic) bond motifs is 1. The van der Waals surface area contributed by atoms with E-state index in [1.807, 2.05) is 31.3 Å². The number of hydrogen-bond acceptors (Lipinski definition) is 4. The Morgan fingerprint density at radius 3 is 3.04 bits per heavy atom. The van der Waals surface area contributed by atoms with Gasteiger partial charge in [0.2, 0.25) is 0 Å². The monoisotopic (exact) mass is 311 g/mol. The lowest BCUT2D eigenvalue weighted by molar-refractivity contribution is 0.179. The molecule has 0 saturated carbocycles. The van der Waals surface area contributed by atoms with Crippen LogP contribution in [0.3, 0.4) is 0 Å². The molecule has 0 saturated heterocycles. The van der Waals surface area contributed by atoms with Crippen molar-refractivity contribution in [3.8, 4) is 0 Å². The molecule has 23 heavy (non-hydrogen) atoms. The molecule has 0 spiro atoms.